The molecule has 0 spiro atoms. The number of likely N-dealkylation sites (tertiary alicyclic amines) is 1. The van der Waals surface area contributed by atoms with Crippen LogP contribution in [-0.2, 0) is 14.4 Å². The van der Waals surface area contributed by atoms with E-state index in [0.717, 1.165) is 12.1 Å². The van der Waals surface area contributed by atoms with Crippen LogP contribution < -0.4 is 15.4 Å². The lowest BCUT2D eigenvalue weighted by Gasteiger charge is -2.32. The Morgan fingerprint density at radius 2 is 1.82 bits per heavy atom. The maximum absolute atomic E-state index is 14.0. The lowest BCUT2D eigenvalue weighted by atomic mass is 10.0. The van der Waals surface area contributed by atoms with Crippen LogP contribution in [0.2, 0.25) is 0 Å². The molecule has 39 heavy (non-hydrogen) atoms. The zero-order chi connectivity index (χ0) is 29.7. The van der Waals surface area contributed by atoms with Crippen LogP contribution in [0.1, 0.15) is 71.7 Å². The number of ether oxygens (including phenoxy) is 1. The molecule has 1 heterocycles. The Morgan fingerprint density at radius 1 is 1.18 bits per heavy atom. The lowest BCUT2D eigenvalue weighted by Crippen LogP contribution is -2.54. The predicted octanol–water partition coefficient (Wildman–Crippen LogP) is 2.09. The molecule has 1 fully saturated rings. The number of rotatable bonds is 10. The van der Waals surface area contributed by atoms with E-state index in [1.54, 1.807) is 27.8 Å². The number of β-amino-alcohol motifs (C(OH)–C–C–N with tert-alkyl or cyclic N) is 1. The fourth-order valence-corrected chi connectivity index (χ4v) is 4.31. The molecule has 0 unspecified atom stereocenters. The van der Waals surface area contributed by atoms with E-state index in [2.05, 4.69) is 10.6 Å². The number of carbonyl (C=O) groups is 4. The minimum atomic E-state index is -1.01. The summed E-state index contributed by atoms with van der Waals surface area (Å²) in [6.07, 6.45) is -0.491. The van der Waals surface area contributed by atoms with Gasteiger partial charge in [0.25, 0.3) is 11.8 Å². The molecule has 0 saturated carbocycles. The average molecular weight is 551 g/mol. The summed E-state index contributed by atoms with van der Waals surface area (Å²) in [6, 6.07) is 1.36. The number of nitrogens with zero attached hydrogens (tertiary/aromatic N) is 2. The van der Waals surface area contributed by atoms with Crippen molar-refractivity contribution in [1.82, 2.24) is 20.4 Å². The van der Waals surface area contributed by atoms with Crippen LogP contribution in [0.15, 0.2) is 18.2 Å². The third kappa shape index (κ3) is 9.19. The molecule has 3 atom stereocenters. The molecule has 1 aliphatic rings. The highest BCUT2D eigenvalue weighted by Gasteiger charge is 2.43. The highest BCUT2D eigenvalue weighted by Crippen LogP contribution is 2.24. The molecule has 218 valence electrons. The first-order valence-corrected chi connectivity index (χ1v) is 13.3. The fraction of sp³-hybridized carbons (Fsp3) is 0.643. The third-order valence-electron chi connectivity index (χ3n) is 6.34. The molecule has 11 heteroatoms. The van der Waals surface area contributed by atoms with Crippen molar-refractivity contribution in [3.63, 3.8) is 0 Å². The van der Waals surface area contributed by atoms with Crippen LogP contribution >= 0.6 is 0 Å². The largest absolute Gasteiger partial charge is 0.483 e. The molecule has 0 aromatic heterocycles. The molecule has 0 radical (unpaired) electrons. The number of benzene rings is 1. The first-order valence-electron chi connectivity index (χ1n) is 13.3. The van der Waals surface area contributed by atoms with Gasteiger partial charge in [0.2, 0.25) is 11.8 Å². The molecule has 1 aliphatic heterocycles. The van der Waals surface area contributed by atoms with Crippen molar-refractivity contribution in [2.75, 3.05) is 20.2 Å². The Morgan fingerprint density at radius 3 is 2.38 bits per heavy atom. The van der Waals surface area contributed by atoms with Crippen LogP contribution in [-0.4, -0.2) is 88.5 Å². The second kappa shape index (κ2) is 13.2. The van der Waals surface area contributed by atoms with Crippen LogP contribution in [0, 0.1) is 11.7 Å². The Hall–Kier alpha value is -3.21. The van der Waals surface area contributed by atoms with E-state index in [1.807, 2.05) is 27.7 Å². The van der Waals surface area contributed by atoms with Crippen molar-refractivity contribution in [2.24, 2.45) is 5.92 Å². The zero-order valence-corrected chi connectivity index (χ0v) is 24.2. The van der Waals surface area contributed by atoms with Gasteiger partial charge in [-0.1, -0.05) is 13.8 Å². The minimum Gasteiger partial charge on any atom is -0.483 e. The van der Waals surface area contributed by atoms with Gasteiger partial charge in [0.1, 0.15) is 23.7 Å². The second-order valence-electron chi connectivity index (χ2n) is 11.8. The maximum Gasteiger partial charge on any atom is 0.258 e. The number of aliphatic hydroxyl groups is 1. The predicted molar refractivity (Wildman–Crippen MR) is 145 cm³/mol. The summed E-state index contributed by atoms with van der Waals surface area (Å²) in [5.74, 6) is -2.71. The van der Waals surface area contributed by atoms with E-state index in [9.17, 15) is 28.7 Å². The summed E-state index contributed by atoms with van der Waals surface area (Å²) in [4.78, 5) is 55.1. The van der Waals surface area contributed by atoms with Crippen LogP contribution in [0.4, 0.5) is 4.39 Å². The number of amides is 4. The SMILES string of the molecule is CC(C)C[C@@H](NC(=O)c1ccc(F)cc1OCC(=O)NC(C)(C)C)C(=O)N1C[C@@H](O)C[C@@H]1C(=O)N(C)C(C)C. The molecule has 1 saturated heterocycles. The summed E-state index contributed by atoms with van der Waals surface area (Å²) in [6.45, 7) is 12.4. The van der Waals surface area contributed by atoms with Crippen LogP contribution in [0.3, 0.4) is 0 Å². The highest BCUT2D eigenvalue weighted by atomic mass is 19.1. The van der Waals surface area contributed by atoms with Gasteiger partial charge in [-0.3, -0.25) is 19.2 Å². The average Bonchev–Trinajstić information content (AvgIpc) is 3.20. The second-order valence-corrected chi connectivity index (χ2v) is 11.8. The smallest absolute Gasteiger partial charge is 0.258 e. The van der Waals surface area contributed by atoms with Crippen molar-refractivity contribution < 1.29 is 33.4 Å². The van der Waals surface area contributed by atoms with Gasteiger partial charge in [0.05, 0.1) is 11.7 Å². The number of hydrogen-bond donors (Lipinski definition) is 3. The van der Waals surface area contributed by atoms with E-state index in [0.29, 0.717) is 0 Å². The molecular formula is C28H43FN4O6. The summed E-state index contributed by atoms with van der Waals surface area (Å²) >= 11 is 0. The summed E-state index contributed by atoms with van der Waals surface area (Å²) < 4.78 is 19.5. The topological polar surface area (TPSA) is 128 Å². The molecule has 4 amide bonds. The Bertz CT molecular complexity index is 1050. The minimum absolute atomic E-state index is 0.00398. The number of nitrogens with one attached hydrogen (secondary N) is 2. The van der Waals surface area contributed by atoms with Crippen molar-refractivity contribution in [1.29, 1.82) is 0 Å². The third-order valence-corrected chi connectivity index (χ3v) is 6.34. The number of likely N-dealkylation sites (N-methyl/N-ethyl adjacent to an activating group) is 1. The molecule has 1 aromatic rings. The summed E-state index contributed by atoms with van der Waals surface area (Å²) in [5.41, 5.74) is -0.547. The zero-order valence-electron chi connectivity index (χ0n) is 24.2. The van der Waals surface area contributed by atoms with Gasteiger partial charge in [0.15, 0.2) is 6.61 Å². The van der Waals surface area contributed by atoms with Crippen molar-refractivity contribution in [3.8, 4) is 5.75 Å². The van der Waals surface area contributed by atoms with Gasteiger partial charge in [-0.2, -0.15) is 0 Å². The highest BCUT2D eigenvalue weighted by molar-refractivity contribution is 6.00. The molecular weight excluding hydrogens is 507 g/mol. The lowest BCUT2D eigenvalue weighted by molar-refractivity contribution is -0.145. The van der Waals surface area contributed by atoms with Crippen molar-refractivity contribution >= 4 is 23.6 Å². The van der Waals surface area contributed by atoms with Crippen molar-refractivity contribution in [2.45, 2.75) is 91.1 Å². The Labute approximate surface area is 230 Å². The van der Waals surface area contributed by atoms with Crippen LogP contribution in [0.5, 0.6) is 5.75 Å². The van der Waals surface area contributed by atoms with E-state index in [1.165, 1.54) is 15.9 Å². The summed E-state index contributed by atoms with van der Waals surface area (Å²) in [7, 11) is 1.64. The Balaban J connectivity index is 2.27. The van der Waals surface area contributed by atoms with Gasteiger partial charge in [0, 0.05) is 37.7 Å². The van der Waals surface area contributed by atoms with E-state index in [4.69, 9.17) is 4.74 Å². The standard InChI is InChI=1S/C28H43FN4O6/c1-16(2)11-21(26(37)33-14-19(34)13-22(33)27(38)32(8)17(3)4)30-25(36)20-10-9-18(29)12-23(20)39-15-24(35)31-28(5,6)7/h9-10,12,16-17,19,21-22,34H,11,13-15H2,1-8H3,(H,30,36)(H,31,35)/t19-,21+,22+/m0/s1. The monoisotopic (exact) mass is 550 g/mol. The Kier molecular flexibility index (Phi) is 10.9. The maximum atomic E-state index is 14.0. The van der Waals surface area contributed by atoms with Crippen LogP contribution in [0.25, 0.3) is 0 Å². The van der Waals surface area contributed by atoms with E-state index >= 15 is 0 Å². The fourth-order valence-electron chi connectivity index (χ4n) is 4.31. The van der Waals surface area contributed by atoms with Gasteiger partial charge >= 0.3 is 0 Å². The first kappa shape index (κ1) is 32.0. The molecule has 0 aliphatic carbocycles. The molecule has 10 nitrogen and oxygen atoms in total. The quantitative estimate of drug-likeness (QED) is 0.409. The number of hydrogen-bond acceptors (Lipinski definition) is 6. The molecule has 3 N–H and O–H groups in total. The van der Waals surface area contributed by atoms with Crippen molar-refractivity contribution in [3.05, 3.63) is 29.6 Å². The molecule has 0 bridgehead atoms. The van der Waals surface area contributed by atoms with E-state index in [-0.39, 0.29) is 48.6 Å². The van der Waals surface area contributed by atoms with Gasteiger partial charge in [-0.05, 0) is 59.1 Å². The summed E-state index contributed by atoms with van der Waals surface area (Å²) in [5, 5.41) is 15.7. The van der Waals surface area contributed by atoms with Gasteiger partial charge < -0.3 is 30.3 Å². The number of carbonyl (C=O) groups excluding carboxylic acids is 4. The first-order chi connectivity index (χ1) is 18.0. The number of aliphatic hydroxyl groups excluding tert-OH is 1. The number of halogens is 1. The molecule has 1 aromatic carbocycles. The van der Waals surface area contributed by atoms with Gasteiger partial charge in [-0.25, -0.2) is 4.39 Å². The molecule has 2 rings (SSSR count). The normalized spacial score (nSPS) is 18.2. The van der Waals surface area contributed by atoms with Gasteiger partial charge in [-0.15, -0.1) is 0 Å². The van der Waals surface area contributed by atoms with E-state index < -0.39 is 53.9 Å².